The molecule has 0 saturated heterocycles. The Morgan fingerprint density at radius 3 is 2.40 bits per heavy atom. The first kappa shape index (κ1) is 12.0. The van der Waals surface area contributed by atoms with Gasteiger partial charge in [0.15, 0.2) is 0 Å². The fourth-order valence-corrected chi connectivity index (χ4v) is 1.32. The molecule has 0 saturated carbocycles. The molecule has 1 aromatic rings. The van der Waals surface area contributed by atoms with E-state index < -0.39 is 11.7 Å². The Morgan fingerprint density at radius 2 is 1.93 bits per heavy atom. The molecule has 5 heteroatoms. The first-order chi connectivity index (χ1) is 6.86. The Morgan fingerprint density at radius 1 is 1.33 bits per heavy atom. The Bertz CT molecular complexity index is 396. The third-order valence-corrected chi connectivity index (χ3v) is 2.35. The summed E-state index contributed by atoms with van der Waals surface area (Å²) in [6.45, 7) is 1.64. The lowest BCUT2D eigenvalue weighted by Crippen LogP contribution is -2.07. The van der Waals surface area contributed by atoms with E-state index in [0.717, 1.165) is 6.07 Å². The number of hydrogen-bond donors (Lipinski definition) is 0. The molecular formula is C10H9ClF3N. The van der Waals surface area contributed by atoms with Crippen molar-refractivity contribution in [1.29, 1.82) is 0 Å². The van der Waals surface area contributed by atoms with Crippen molar-refractivity contribution in [3.63, 3.8) is 0 Å². The molecule has 1 rings (SSSR count). The summed E-state index contributed by atoms with van der Waals surface area (Å²) in [4.78, 5) is 3.82. The van der Waals surface area contributed by atoms with E-state index >= 15 is 0 Å². The minimum Gasteiger partial charge on any atom is -0.293 e. The quantitative estimate of drug-likeness (QED) is 0.657. The second kappa shape index (κ2) is 4.23. The van der Waals surface area contributed by atoms with Crippen LogP contribution >= 0.6 is 11.6 Å². The summed E-state index contributed by atoms with van der Waals surface area (Å²) in [6, 6.07) is 3.75. The molecule has 0 aliphatic rings. The fraction of sp³-hybridized carbons (Fsp3) is 0.300. The van der Waals surface area contributed by atoms with Crippen molar-refractivity contribution >= 4 is 17.3 Å². The van der Waals surface area contributed by atoms with Gasteiger partial charge in [-0.05, 0) is 24.6 Å². The highest BCUT2D eigenvalue weighted by atomic mass is 35.5. The van der Waals surface area contributed by atoms with Gasteiger partial charge in [-0.2, -0.15) is 13.2 Å². The van der Waals surface area contributed by atoms with Gasteiger partial charge in [0.1, 0.15) is 0 Å². The molecule has 0 aliphatic heterocycles. The highest BCUT2D eigenvalue weighted by Crippen LogP contribution is 2.35. The lowest BCUT2D eigenvalue weighted by Gasteiger charge is -2.10. The number of alkyl halides is 3. The molecule has 0 N–H and O–H groups in total. The zero-order valence-corrected chi connectivity index (χ0v) is 8.95. The number of hydrogen-bond acceptors (Lipinski definition) is 1. The molecule has 0 heterocycles. The molecule has 1 aromatic carbocycles. The van der Waals surface area contributed by atoms with Crippen LogP contribution in [0.5, 0.6) is 0 Å². The van der Waals surface area contributed by atoms with Gasteiger partial charge in [-0.1, -0.05) is 17.7 Å². The molecule has 0 amide bonds. The zero-order valence-electron chi connectivity index (χ0n) is 8.19. The summed E-state index contributed by atoms with van der Waals surface area (Å²) in [5.74, 6) is 0. The first-order valence-corrected chi connectivity index (χ1v) is 4.54. The normalized spacial score (nSPS) is 13.1. The van der Waals surface area contributed by atoms with Gasteiger partial charge in [-0.15, -0.1) is 0 Å². The maximum atomic E-state index is 12.5. The van der Waals surface area contributed by atoms with E-state index in [9.17, 15) is 13.2 Å². The van der Waals surface area contributed by atoms with Gasteiger partial charge < -0.3 is 0 Å². The Kier molecular flexibility index (Phi) is 3.39. The van der Waals surface area contributed by atoms with Crippen LogP contribution < -0.4 is 0 Å². The third kappa shape index (κ3) is 2.72. The topological polar surface area (TPSA) is 12.4 Å². The van der Waals surface area contributed by atoms with Crippen molar-refractivity contribution in [2.24, 2.45) is 4.99 Å². The number of benzene rings is 1. The minimum atomic E-state index is -4.43. The molecule has 0 fully saturated rings. The molecule has 0 aliphatic carbocycles. The SMILES string of the molecule is CN=C(C)c1ccc(Cl)c(C(F)(F)F)c1. The summed E-state index contributed by atoms with van der Waals surface area (Å²) in [7, 11) is 1.53. The fourth-order valence-electron chi connectivity index (χ4n) is 1.10. The predicted octanol–water partition coefficient (Wildman–Crippen LogP) is 3.80. The van der Waals surface area contributed by atoms with Crippen LogP contribution in [0.3, 0.4) is 0 Å². The van der Waals surface area contributed by atoms with E-state index in [-0.39, 0.29) is 5.02 Å². The van der Waals surface area contributed by atoms with Gasteiger partial charge in [0, 0.05) is 12.8 Å². The van der Waals surface area contributed by atoms with Crippen LogP contribution in [-0.4, -0.2) is 12.8 Å². The van der Waals surface area contributed by atoms with Crippen LogP contribution in [-0.2, 0) is 6.18 Å². The molecule has 0 atom stereocenters. The summed E-state index contributed by atoms with van der Waals surface area (Å²) in [6.07, 6.45) is -4.43. The van der Waals surface area contributed by atoms with Crippen molar-refractivity contribution in [1.82, 2.24) is 0 Å². The first-order valence-electron chi connectivity index (χ1n) is 4.16. The van der Waals surface area contributed by atoms with Gasteiger partial charge in [0.25, 0.3) is 0 Å². The lowest BCUT2D eigenvalue weighted by molar-refractivity contribution is -0.137. The molecule has 1 nitrogen and oxygen atoms in total. The van der Waals surface area contributed by atoms with E-state index in [0.29, 0.717) is 11.3 Å². The van der Waals surface area contributed by atoms with E-state index in [1.807, 2.05) is 0 Å². The monoisotopic (exact) mass is 235 g/mol. The van der Waals surface area contributed by atoms with E-state index in [4.69, 9.17) is 11.6 Å². The molecule has 0 bridgehead atoms. The van der Waals surface area contributed by atoms with Crippen LogP contribution in [0.15, 0.2) is 23.2 Å². The van der Waals surface area contributed by atoms with E-state index in [1.54, 1.807) is 6.92 Å². The molecule has 0 aromatic heterocycles. The molecule has 0 unspecified atom stereocenters. The van der Waals surface area contributed by atoms with Crippen molar-refractivity contribution in [3.05, 3.63) is 34.3 Å². The van der Waals surface area contributed by atoms with Crippen LogP contribution in [0.25, 0.3) is 0 Å². The molecular weight excluding hydrogens is 227 g/mol. The Balaban J connectivity index is 3.29. The second-order valence-corrected chi connectivity index (χ2v) is 3.41. The number of halogens is 4. The minimum absolute atomic E-state index is 0.296. The predicted molar refractivity (Wildman–Crippen MR) is 54.6 cm³/mol. The van der Waals surface area contributed by atoms with Crippen molar-refractivity contribution in [3.8, 4) is 0 Å². The highest BCUT2D eigenvalue weighted by molar-refractivity contribution is 6.31. The Hall–Kier alpha value is -1.03. The van der Waals surface area contributed by atoms with Gasteiger partial charge >= 0.3 is 6.18 Å². The van der Waals surface area contributed by atoms with Crippen LogP contribution in [0.2, 0.25) is 5.02 Å². The second-order valence-electron chi connectivity index (χ2n) is 3.00. The van der Waals surface area contributed by atoms with Gasteiger partial charge in [-0.25, -0.2) is 0 Å². The smallest absolute Gasteiger partial charge is 0.293 e. The zero-order chi connectivity index (χ0) is 11.6. The number of aliphatic imine (C=N–C) groups is 1. The molecule has 0 radical (unpaired) electrons. The van der Waals surface area contributed by atoms with Crippen molar-refractivity contribution in [2.75, 3.05) is 7.05 Å². The average molecular weight is 236 g/mol. The highest BCUT2D eigenvalue weighted by Gasteiger charge is 2.33. The lowest BCUT2D eigenvalue weighted by atomic mass is 10.1. The van der Waals surface area contributed by atoms with Gasteiger partial charge in [0.05, 0.1) is 10.6 Å². The van der Waals surface area contributed by atoms with Gasteiger partial charge in [-0.3, -0.25) is 4.99 Å². The van der Waals surface area contributed by atoms with Crippen molar-refractivity contribution < 1.29 is 13.2 Å². The summed E-state index contributed by atoms with van der Waals surface area (Å²) in [5, 5.41) is -0.296. The van der Waals surface area contributed by atoms with Crippen LogP contribution in [0, 0.1) is 0 Å². The van der Waals surface area contributed by atoms with Crippen LogP contribution in [0.1, 0.15) is 18.1 Å². The van der Waals surface area contributed by atoms with E-state index in [2.05, 4.69) is 4.99 Å². The number of rotatable bonds is 1. The summed E-state index contributed by atoms with van der Waals surface area (Å²) >= 11 is 5.47. The average Bonchev–Trinajstić information content (AvgIpc) is 2.15. The van der Waals surface area contributed by atoms with Crippen molar-refractivity contribution in [2.45, 2.75) is 13.1 Å². The summed E-state index contributed by atoms with van der Waals surface area (Å²) < 4.78 is 37.4. The van der Waals surface area contributed by atoms with Crippen LogP contribution in [0.4, 0.5) is 13.2 Å². The van der Waals surface area contributed by atoms with Gasteiger partial charge in [0.2, 0.25) is 0 Å². The maximum absolute atomic E-state index is 12.5. The maximum Gasteiger partial charge on any atom is 0.417 e. The third-order valence-electron chi connectivity index (χ3n) is 2.02. The molecule has 82 valence electrons. The van der Waals surface area contributed by atoms with E-state index in [1.165, 1.54) is 19.2 Å². The molecule has 15 heavy (non-hydrogen) atoms. The number of nitrogens with zero attached hydrogens (tertiary/aromatic N) is 1. The molecule has 0 spiro atoms. The standard InChI is InChI=1S/C10H9ClF3N/c1-6(15-2)7-3-4-9(11)8(5-7)10(12,13)14/h3-5H,1-2H3. The largest absolute Gasteiger partial charge is 0.417 e. The Labute approximate surface area is 90.6 Å². The summed E-state index contributed by atoms with van der Waals surface area (Å²) in [5.41, 5.74) is 0.135.